The highest BCUT2D eigenvalue weighted by Crippen LogP contribution is 2.30. The third-order valence-electron chi connectivity index (χ3n) is 3.12. The highest BCUT2D eigenvalue weighted by atomic mass is 16.5. The van der Waals surface area contributed by atoms with Crippen molar-refractivity contribution in [2.75, 3.05) is 20.2 Å². The van der Waals surface area contributed by atoms with Gasteiger partial charge < -0.3 is 15.2 Å². The molecule has 1 aliphatic heterocycles. The number of piperidine rings is 1. The summed E-state index contributed by atoms with van der Waals surface area (Å²) in [6.07, 6.45) is 6.30. The summed E-state index contributed by atoms with van der Waals surface area (Å²) in [5, 5.41) is 13.2. The first-order valence-corrected chi connectivity index (χ1v) is 5.41. The van der Waals surface area contributed by atoms with Crippen LogP contribution in [0, 0.1) is 0 Å². The van der Waals surface area contributed by atoms with E-state index in [4.69, 9.17) is 4.74 Å². The summed E-state index contributed by atoms with van der Waals surface area (Å²) in [5.74, 6) is 0. The van der Waals surface area contributed by atoms with Crippen molar-refractivity contribution in [1.29, 1.82) is 0 Å². The van der Waals surface area contributed by atoms with Crippen LogP contribution in [0.5, 0.6) is 0 Å². The fourth-order valence-corrected chi connectivity index (χ4v) is 2.09. The van der Waals surface area contributed by atoms with E-state index in [0.29, 0.717) is 6.54 Å². The van der Waals surface area contributed by atoms with Crippen molar-refractivity contribution in [1.82, 2.24) is 5.32 Å². The van der Waals surface area contributed by atoms with E-state index < -0.39 is 11.7 Å². The highest BCUT2D eigenvalue weighted by molar-refractivity contribution is 5.24. The Kier molecular flexibility index (Phi) is 4.51. The minimum Gasteiger partial charge on any atom is -0.388 e. The number of β-amino-alcohol motifs (C(OH)–C–C–N with tert-alkyl or cyclic N) is 1. The van der Waals surface area contributed by atoms with Crippen LogP contribution in [0.1, 0.15) is 20.3 Å². The average molecular weight is 211 g/mol. The summed E-state index contributed by atoms with van der Waals surface area (Å²) >= 11 is 0. The third-order valence-corrected chi connectivity index (χ3v) is 3.12. The first kappa shape index (κ1) is 12.4. The molecule has 2 N–H and O–H groups in total. The van der Waals surface area contributed by atoms with Crippen molar-refractivity contribution in [2.24, 2.45) is 0 Å². The Morgan fingerprint density at radius 3 is 2.87 bits per heavy atom. The van der Waals surface area contributed by atoms with E-state index in [2.05, 4.69) is 5.32 Å². The zero-order valence-corrected chi connectivity index (χ0v) is 9.79. The van der Waals surface area contributed by atoms with Gasteiger partial charge in [0.05, 0.1) is 6.10 Å². The van der Waals surface area contributed by atoms with Crippen molar-refractivity contribution in [3.05, 3.63) is 23.8 Å². The van der Waals surface area contributed by atoms with Crippen LogP contribution in [0.25, 0.3) is 0 Å². The van der Waals surface area contributed by atoms with Crippen LogP contribution < -0.4 is 5.32 Å². The summed E-state index contributed by atoms with van der Waals surface area (Å²) in [5.41, 5.74) is 0.571. The maximum Gasteiger partial charge on any atom is 0.117 e. The van der Waals surface area contributed by atoms with Gasteiger partial charge in [-0.3, -0.25) is 0 Å². The fraction of sp³-hybridized carbons (Fsp3) is 0.667. The molecule has 0 saturated carbocycles. The topological polar surface area (TPSA) is 41.5 Å². The van der Waals surface area contributed by atoms with E-state index in [-0.39, 0.29) is 0 Å². The molecule has 0 bridgehead atoms. The van der Waals surface area contributed by atoms with Crippen molar-refractivity contribution >= 4 is 0 Å². The maximum absolute atomic E-state index is 10.0. The molecule has 1 heterocycles. The molecule has 3 nitrogen and oxygen atoms in total. The molecule has 0 aromatic rings. The van der Waals surface area contributed by atoms with Crippen molar-refractivity contribution in [2.45, 2.75) is 32.0 Å². The minimum atomic E-state index is -0.509. The van der Waals surface area contributed by atoms with Crippen molar-refractivity contribution in [3.8, 4) is 0 Å². The number of allylic oxidation sites excluding steroid dienone is 3. The van der Waals surface area contributed by atoms with Gasteiger partial charge in [0.15, 0.2) is 0 Å². The van der Waals surface area contributed by atoms with Gasteiger partial charge in [-0.15, -0.1) is 0 Å². The van der Waals surface area contributed by atoms with Crippen molar-refractivity contribution < 1.29 is 9.84 Å². The van der Waals surface area contributed by atoms with Crippen molar-refractivity contribution in [3.63, 3.8) is 0 Å². The lowest BCUT2D eigenvalue weighted by molar-refractivity contribution is -0.0919. The molecule has 0 aliphatic carbocycles. The third kappa shape index (κ3) is 2.48. The Labute approximate surface area is 91.8 Å². The van der Waals surface area contributed by atoms with Gasteiger partial charge in [0.25, 0.3) is 0 Å². The van der Waals surface area contributed by atoms with Crippen LogP contribution in [0.15, 0.2) is 23.8 Å². The molecule has 0 radical (unpaired) electrons. The quantitative estimate of drug-likeness (QED) is 0.690. The normalized spacial score (nSPS) is 33.6. The second-order valence-electron chi connectivity index (χ2n) is 3.94. The van der Waals surface area contributed by atoms with Crippen LogP contribution >= 0.6 is 0 Å². The van der Waals surface area contributed by atoms with Gasteiger partial charge in [-0.1, -0.05) is 18.2 Å². The Morgan fingerprint density at radius 2 is 2.33 bits per heavy atom. The van der Waals surface area contributed by atoms with E-state index in [9.17, 15) is 5.11 Å². The van der Waals surface area contributed by atoms with Gasteiger partial charge in [0, 0.05) is 13.7 Å². The van der Waals surface area contributed by atoms with Gasteiger partial charge in [-0.05, 0) is 32.4 Å². The van der Waals surface area contributed by atoms with Gasteiger partial charge in [0.2, 0.25) is 0 Å². The first-order chi connectivity index (χ1) is 7.17. The summed E-state index contributed by atoms with van der Waals surface area (Å²) in [7, 11) is 1.67. The van der Waals surface area contributed by atoms with Gasteiger partial charge in [0.1, 0.15) is 5.60 Å². The smallest absolute Gasteiger partial charge is 0.117 e. The zero-order chi connectivity index (χ0) is 11.3. The molecule has 1 aliphatic rings. The second kappa shape index (κ2) is 5.45. The monoisotopic (exact) mass is 211 g/mol. The van der Waals surface area contributed by atoms with E-state index in [1.54, 1.807) is 7.11 Å². The first-order valence-electron chi connectivity index (χ1n) is 5.41. The van der Waals surface area contributed by atoms with Crippen LogP contribution in [0.3, 0.4) is 0 Å². The molecule has 1 fully saturated rings. The molecule has 3 heteroatoms. The van der Waals surface area contributed by atoms with Crippen LogP contribution in [0.4, 0.5) is 0 Å². The highest BCUT2D eigenvalue weighted by Gasteiger charge is 2.41. The SMILES string of the molecule is C/C=C\C=C(/C)C1(OC)CCNCC1O. The van der Waals surface area contributed by atoms with Crippen LogP contribution in [-0.4, -0.2) is 37.0 Å². The molecule has 86 valence electrons. The largest absolute Gasteiger partial charge is 0.388 e. The number of hydrogen-bond acceptors (Lipinski definition) is 3. The molecule has 1 saturated heterocycles. The summed E-state index contributed by atoms with van der Waals surface area (Å²) in [4.78, 5) is 0. The van der Waals surface area contributed by atoms with Crippen LogP contribution in [0.2, 0.25) is 0 Å². The Bertz CT molecular complexity index is 260. The average Bonchev–Trinajstić information content (AvgIpc) is 2.27. The van der Waals surface area contributed by atoms with E-state index in [0.717, 1.165) is 18.5 Å². The zero-order valence-electron chi connectivity index (χ0n) is 9.79. The predicted molar refractivity (Wildman–Crippen MR) is 61.8 cm³/mol. The summed E-state index contributed by atoms with van der Waals surface area (Å²) in [6.45, 7) is 5.46. The molecule has 0 amide bonds. The molecule has 2 atom stereocenters. The molecular weight excluding hydrogens is 190 g/mol. The summed E-state index contributed by atoms with van der Waals surface area (Å²) in [6, 6.07) is 0. The number of methoxy groups -OCH3 is 1. The Balaban J connectivity index is 2.91. The maximum atomic E-state index is 10.0. The van der Waals surface area contributed by atoms with Gasteiger partial charge in [-0.2, -0.15) is 0 Å². The van der Waals surface area contributed by atoms with E-state index in [1.807, 2.05) is 32.1 Å². The Hall–Kier alpha value is -0.640. The summed E-state index contributed by atoms with van der Waals surface area (Å²) < 4.78 is 5.56. The Morgan fingerprint density at radius 1 is 1.60 bits per heavy atom. The molecule has 0 spiro atoms. The van der Waals surface area contributed by atoms with Gasteiger partial charge in [-0.25, -0.2) is 0 Å². The van der Waals surface area contributed by atoms with E-state index in [1.165, 1.54) is 0 Å². The standard InChI is InChI=1S/C12H21NO2/c1-4-5-6-10(2)12(15-3)7-8-13-9-11(12)14/h4-6,11,13-14H,7-9H2,1-3H3/b5-4-,10-6+. The lowest BCUT2D eigenvalue weighted by Crippen LogP contribution is -2.55. The number of rotatable bonds is 3. The molecule has 15 heavy (non-hydrogen) atoms. The lowest BCUT2D eigenvalue weighted by Gasteiger charge is -2.41. The fourth-order valence-electron chi connectivity index (χ4n) is 2.09. The molecule has 2 unspecified atom stereocenters. The molecule has 1 rings (SSSR count). The number of ether oxygens (including phenoxy) is 1. The minimum absolute atomic E-state index is 0.474. The predicted octanol–water partition coefficient (Wildman–Crippen LogP) is 1.25. The van der Waals surface area contributed by atoms with Gasteiger partial charge >= 0.3 is 0 Å². The lowest BCUT2D eigenvalue weighted by atomic mass is 9.82. The van der Waals surface area contributed by atoms with E-state index >= 15 is 0 Å². The molecule has 0 aromatic heterocycles. The second-order valence-corrected chi connectivity index (χ2v) is 3.94. The molecule has 0 aromatic carbocycles. The number of nitrogens with one attached hydrogen (secondary N) is 1. The number of hydrogen-bond donors (Lipinski definition) is 2. The van der Waals surface area contributed by atoms with Crippen LogP contribution in [-0.2, 0) is 4.74 Å². The number of aliphatic hydroxyl groups excluding tert-OH is 1. The number of aliphatic hydroxyl groups is 1. The molecular formula is C12H21NO2.